The number of amides is 1. The largest absolute Gasteiger partial charge is 0.391 e. The highest BCUT2D eigenvalue weighted by atomic mass is 16.6. The van der Waals surface area contributed by atoms with Crippen LogP contribution in [0.25, 0.3) is 0 Å². The minimum atomic E-state index is -0.170. The van der Waals surface area contributed by atoms with Gasteiger partial charge in [0.15, 0.2) is 0 Å². The summed E-state index contributed by atoms with van der Waals surface area (Å²) < 4.78 is 0. The maximum Gasteiger partial charge on any atom is 0.237 e. The van der Waals surface area contributed by atoms with Gasteiger partial charge in [0.2, 0.25) is 5.91 Å². The molecular weight excluding hydrogens is 314 g/mol. The van der Waals surface area contributed by atoms with Gasteiger partial charge in [0.05, 0.1) is 11.8 Å². The van der Waals surface area contributed by atoms with Crippen LogP contribution in [0.4, 0.5) is 0 Å². The van der Waals surface area contributed by atoms with Crippen LogP contribution in [-0.2, 0) is 22.8 Å². The van der Waals surface area contributed by atoms with Gasteiger partial charge in [0, 0.05) is 13.1 Å². The molecule has 3 rings (SSSR count). The SMILES string of the molecule is O=C(NCc1ccccc1)[C@@H]1CC/C(=N\OCc2ccccc2)CN1. The molecule has 1 aliphatic heterocycles. The lowest BCUT2D eigenvalue weighted by atomic mass is 10.0. The summed E-state index contributed by atoms with van der Waals surface area (Å²) in [6.45, 7) is 1.60. The van der Waals surface area contributed by atoms with Gasteiger partial charge in [-0.05, 0) is 24.0 Å². The smallest absolute Gasteiger partial charge is 0.237 e. The Labute approximate surface area is 148 Å². The van der Waals surface area contributed by atoms with Crippen LogP contribution in [0, 0.1) is 0 Å². The number of nitrogens with one attached hydrogen (secondary N) is 2. The summed E-state index contributed by atoms with van der Waals surface area (Å²) in [6.07, 6.45) is 1.50. The summed E-state index contributed by atoms with van der Waals surface area (Å²) in [5, 5.41) is 10.4. The molecular formula is C20H23N3O2. The molecule has 1 heterocycles. The summed E-state index contributed by atoms with van der Waals surface area (Å²) in [7, 11) is 0. The topological polar surface area (TPSA) is 62.7 Å². The number of carbonyl (C=O) groups excluding carboxylic acids is 1. The summed E-state index contributed by atoms with van der Waals surface area (Å²) in [5.74, 6) is 0.0353. The van der Waals surface area contributed by atoms with Gasteiger partial charge in [0.1, 0.15) is 6.61 Å². The molecule has 130 valence electrons. The number of hydrogen-bond acceptors (Lipinski definition) is 4. The van der Waals surface area contributed by atoms with Crippen LogP contribution in [0.5, 0.6) is 0 Å². The molecule has 2 N–H and O–H groups in total. The molecule has 25 heavy (non-hydrogen) atoms. The first kappa shape index (κ1) is 17.2. The highest BCUT2D eigenvalue weighted by molar-refractivity contribution is 5.90. The van der Waals surface area contributed by atoms with Gasteiger partial charge in [-0.15, -0.1) is 0 Å². The lowest BCUT2D eigenvalue weighted by Crippen LogP contribution is -2.49. The highest BCUT2D eigenvalue weighted by Gasteiger charge is 2.23. The first-order valence-corrected chi connectivity index (χ1v) is 8.58. The van der Waals surface area contributed by atoms with Gasteiger partial charge in [-0.2, -0.15) is 0 Å². The molecule has 1 saturated heterocycles. The Morgan fingerprint density at radius 1 is 1.08 bits per heavy atom. The van der Waals surface area contributed by atoms with E-state index in [1.54, 1.807) is 0 Å². The number of carbonyl (C=O) groups is 1. The van der Waals surface area contributed by atoms with Crippen molar-refractivity contribution < 1.29 is 9.63 Å². The Balaban J connectivity index is 1.39. The van der Waals surface area contributed by atoms with E-state index < -0.39 is 0 Å². The number of rotatable bonds is 6. The number of benzene rings is 2. The molecule has 0 saturated carbocycles. The molecule has 0 radical (unpaired) electrons. The van der Waals surface area contributed by atoms with Gasteiger partial charge in [-0.25, -0.2) is 0 Å². The molecule has 1 aliphatic rings. The second-order valence-electron chi connectivity index (χ2n) is 6.09. The molecule has 1 atom stereocenters. The molecule has 1 amide bonds. The van der Waals surface area contributed by atoms with Crippen molar-refractivity contribution in [3.8, 4) is 0 Å². The number of oxime groups is 1. The van der Waals surface area contributed by atoms with Gasteiger partial charge in [-0.3, -0.25) is 4.79 Å². The quantitative estimate of drug-likeness (QED) is 0.797. The van der Waals surface area contributed by atoms with Crippen LogP contribution in [-0.4, -0.2) is 24.2 Å². The van der Waals surface area contributed by atoms with Gasteiger partial charge < -0.3 is 15.5 Å². The third kappa shape index (κ3) is 5.43. The summed E-state index contributed by atoms with van der Waals surface area (Å²) in [4.78, 5) is 17.6. The average molecular weight is 337 g/mol. The van der Waals surface area contributed by atoms with Crippen LogP contribution >= 0.6 is 0 Å². The van der Waals surface area contributed by atoms with Crippen molar-refractivity contribution in [1.82, 2.24) is 10.6 Å². The lowest BCUT2D eigenvalue weighted by molar-refractivity contribution is -0.123. The summed E-state index contributed by atoms with van der Waals surface area (Å²) in [6, 6.07) is 19.7. The first-order valence-electron chi connectivity index (χ1n) is 8.58. The fourth-order valence-electron chi connectivity index (χ4n) is 2.72. The van der Waals surface area contributed by atoms with Gasteiger partial charge in [0.25, 0.3) is 0 Å². The highest BCUT2D eigenvalue weighted by Crippen LogP contribution is 2.08. The molecule has 1 fully saturated rings. The van der Waals surface area contributed by atoms with Crippen LogP contribution in [0.2, 0.25) is 0 Å². The molecule has 0 aromatic heterocycles. The summed E-state index contributed by atoms with van der Waals surface area (Å²) >= 11 is 0. The van der Waals surface area contributed by atoms with Crippen molar-refractivity contribution >= 4 is 11.6 Å². The molecule has 5 nitrogen and oxygen atoms in total. The van der Waals surface area contributed by atoms with E-state index in [2.05, 4.69) is 15.8 Å². The van der Waals surface area contributed by atoms with E-state index in [0.29, 0.717) is 19.7 Å². The van der Waals surface area contributed by atoms with E-state index in [1.165, 1.54) is 0 Å². The van der Waals surface area contributed by atoms with Crippen molar-refractivity contribution in [3.63, 3.8) is 0 Å². The summed E-state index contributed by atoms with van der Waals surface area (Å²) in [5.41, 5.74) is 3.14. The maximum absolute atomic E-state index is 12.2. The Morgan fingerprint density at radius 2 is 1.76 bits per heavy atom. The Hall–Kier alpha value is -2.66. The minimum Gasteiger partial charge on any atom is -0.391 e. The average Bonchev–Trinajstić information content (AvgIpc) is 2.68. The molecule has 5 heteroatoms. The zero-order chi connectivity index (χ0) is 17.3. The predicted octanol–water partition coefficient (Wildman–Crippen LogP) is 2.63. The van der Waals surface area contributed by atoms with Crippen LogP contribution < -0.4 is 10.6 Å². The standard InChI is InChI=1S/C20H23N3O2/c24-20(22-13-16-7-3-1-4-8-16)19-12-11-18(14-21-19)23-25-15-17-9-5-2-6-10-17/h1-10,19,21H,11-15H2,(H,22,24)/b23-18+/t19-/m0/s1. The molecule has 0 aliphatic carbocycles. The van der Waals surface area contributed by atoms with Crippen LogP contribution in [0.1, 0.15) is 24.0 Å². The lowest BCUT2D eigenvalue weighted by Gasteiger charge is -2.23. The van der Waals surface area contributed by atoms with E-state index in [4.69, 9.17) is 4.84 Å². The number of piperidine rings is 1. The molecule has 0 spiro atoms. The minimum absolute atomic E-state index is 0.0353. The Bertz CT molecular complexity index is 691. The third-order valence-electron chi connectivity index (χ3n) is 4.17. The van der Waals surface area contributed by atoms with Crippen molar-refractivity contribution in [1.29, 1.82) is 0 Å². The molecule has 2 aromatic carbocycles. The van der Waals surface area contributed by atoms with Gasteiger partial charge in [-0.1, -0.05) is 65.8 Å². The van der Waals surface area contributed by atoms with Crippen molar-refractivity contribution in [2.45, 2.75) is 32.0 Å². The third-order valence-corrected chi connectivity index (χ3v) is 4.17. The van der Waals surface area contributed by atoms with Gasteiger partial charge >= 0.3 is 0 Å². The van der Waals surface area contributed by atoms with E-state index >= 15 is 0 Å². The van der Waals surface area contributed by atoms with E-state index in [0.717, 1.165) is 29.7 Å². The van der Waals surface area contributed by atoms with Crippen molar-refractivity contribution in [2.24, 2.45) is 5.16 Å². The fraction of sp³-hybridized carbons (Fsp3) is 0.300. The zero-order valence-corrected chi connectivity index (χ0v) is 14.2. The maximum atomic E-state index is 12.2. The Morgan fingerprint density at radius 3 is 2.40 bits per heavy atom. The second kappa shape index (κ2) is 8.99. The first-order chi connectivity index (χ1) is 12.3. The fourth-order valence-corrected chi connectivity index (χ4v) is 2.72. The molecule has 0 bridgehead atoms. The van der Waals surface area contributed by atoms with Crippen LogP contribution in [0.3, 0.4) is 0 Å². The predicted molar refractivity (Wildman–Crippen MR) is 98.0 cm³/mol. The molecule has 2 aromatic rings. The van der Waals surface area contributed by atoms with Crippen molar-refractivity contribution in [3.05, 3.63) is 71.8 Å². The second-order valence-corrected chi connectivity index (χ2v) is 6.09. The van der Waals surface area contributed by atoms with Crippen molar-refractivity contribution in [2.75, 3.05) is 6.54 Å². The monoisotopic (exact) mass is 337 g/mol. The van der Waals surface area contributed by atoms with E-state index in [1.807, 2.05) is 60.7 Å². The Kier molecular flexibility index (Phi) is 6.17. The number of nitrogens with zero attached hydrogens (tertiary/aromatic N) is 1. The molecule has 0 unspecified atom stereocenters. The van der Waals surface area contributed by atoms with E-state index in [9.17, 15) is 4.79 Å². The number of hydrogen-bond donors (Lipinski definition) is 2. The normalized spacial score (nSPS) is 18.7. The van der Waals surface area contributed by atoms with Crippen LogP contribution in [0.15, 0.2) is 65.8 Å². The zero-order valence-electron chi connectivity index (χ0n) is 14.2. The van der Waals surface area contributed by atoms with E-state index in [-0.39, 0.29) is 11.9 Å².